The van der Waals surface area contributed by atoms with E-state index in [1.165, 1.54) is 28.6 Å². The predicted molar refractivity (Wildman–Crippen MR) is 106 cm³/mol. The van der Waals surface area contributed by atoms with E-state index >= 15 is 0 Å². The standard InChI is InChI=1S/C21H23NO6S/c23-20(16-28-21(24)12-15-27-18-6-2-1-3-7-18)17-8-10-19(11-9-17)29(25,26)22-13-4-5-14-22/h1-3,6-11H,4-5,12-16H2. The second-order valence-electron chi connectivity index (χ2n) is 6.63. The quantitative estimate of drug-likeness (QED) is 0.460. The third kappa shape index (κ3) is 5.65. The molecule has 0 amide bonds. The summed E-state index contributed by atoms with van der Waals surface area (Å²) < 4.78 is 36.8. The molecule has 0 saturated carbocycles. The molecule has 7 nitrogen and oxygen atoms in total. The minimum Gasteiger partial charge on any atom is -0.493 e. The molecule has 0 unspecified atom stereocenters. The Morgan fingerprint density at radius 3 is 2.24 bits per heavy atom. The van der Waals surface area contributed by atoms with E-state index in [0.717, 1.165) is 12.8 Å². The number of ketones is 1. The van der Waals surface area contributed by atoms with Gasteiger partial charge in [0.25, 0.3) is 0 Å². The summed E-state index contributed by atoms with van der Waals surface area (Å²) in [7, 11) is -3.52. The molecule has 0 aliphatic carbocycles. The van der Waals surface area contributed by atoms with Gasteiger partial charge >= 0.3 is 5.97 Å². The molecule has 8 heteroatoms. The summed E-state index contributed by atoms with van der Waals surface area (Å²) >= 11 is 0. The molecule has 0 bridgehead atoms. The number of rotatable bonds is 9. The number of nitrogens with zero attached hydrogens (tertiary/aromatic N) is 1. The molecular weight excluding hydrogens is 394 g/mol. The number of hydrogen-bond acceptors (Lipinski definition) is 6. The third-order valence-corrected chi connectivity index (χ3v) is 6.47. The summed E-state index contributed by atoms with van der Waals surface area (Å²) in [6, 6.07) is 14.8. The van der Waals surface area contributed by atoms with Gasteiger partial charge in [-0.15, -0.1) is 0 Å². The van der Waals surface area contributed by atoms with Crippen molar-refractivity contribution < 1.29 is 27.5 Å². The van der Waals surface area contributed by atoms with Crippen molar-refractivity contribution in [3.05, 3.63) is 60.2 Å². The van der Waals surface area contributed by atoms with E-state index in [4.69, 9.17) is 9.47 Å². The Balaban J connectivity index is 1.46. The van der Waals surface area contributed by atoms with Crippen LogP contribution in [0, 0.1) is 0 Å². The molecule has 154 valence electrons. The molecule has 1 fully saturated rings. The van der Waals surface area contributed by atoms with Gasteiger partial charge in [-0.25, -0.2) is 8.42 Å². The second-order valence-corrected chi connectivity index (χ2v) is 8.57. The molecule has 3 rings (SSSR count). The number of carbonyl (C=O) groups is 2. The number of esters is 1. The van der Waals surface area contributed by atoms with Crippen LogP contribution >= 0.6 is 0 Å². The van der Waals surface area contributed by atoms with Gasteiger partial charge in [-0.1, -0.05) is 18.2 Å². The van der Waals surface area contributed by atoms with E-state index in [1.54, 1.807) is 12.1 Å². The van der Waals surface area contributed by atoms with Gasteiger partial charge in [-0.3, -0.25) is 9.59 Å². The van der Waals surface area contributed by atoms with Crippen LogP contribution in [0.1, 0.15) is 29.6 Å². The SMILES string of the molecule is O=C(CCOc1ccccc1)OCC(=O)c1ccc(S(=O)(=O)N2CCCC2)cc1. The van der Waals surface area contributed by atoms with Crippen LogP contribution in [0.2, 0.25) is 0 Å². The topological polar surface area (TPSA) is 90.0 Å². The molecule has 29 heavy (non-hydrogen) atoms. The van der Waals surface area contributed by atoms with Crippen molar-refractivity contribution in [3.8, 4) is 5.75 Å². The average Bonchev–Trinajstić information content (AvgIpc) is 3.29. The monoisotopic (exact) mass is 417 g/mol. The Labute approximate surface area is 170 Å². The van der Waals surface area contributed by atoms with Gasteiger partial charge < -0.3 is 9.47 Å². The molecule has 1 heterocycles. The van der Waals surface area contributed by atoms with Crippen molar-refractivity contribution in [1.29, 1.82) is 0 Å². The van der Waals surface area contributed by atoms with Crippen LogP contribution < -0.4 is 4.74 Å². The first-order valence-electron chi connectivity index (χ1n) is 9.44. The van der Waals surface area contributed by atoms with Gasteiger partial charge in [0, 0.05) is 18.7 Å². The van der Waals surface area contributed by atoms with Crippen LogP contribution in [0.4, 0.5) is 0 Å². The first kappa shape index (κ1) is 21.0. The minimum atomic E-state index is -3.52. The molecule has 0 spiro atoms. The van der Waals surface area contributed by atoms with E-state index < -0.39 is 28.4 Å². The Morgan fingerprint density at radius 1 is 0.931 bits per heavy atom. The summed E-state index contributed by atoms with van der Waals surface area (Å²) in [5.74, 6) is -0.282. The van der Waals surface area contributed by atoms with Gasteiger partial charge in [-0.05, 0) is 49.2 Å². The highest BCUT2D eigenvalue weighted by Gasteiger charge is 2.27. The van der Waals surface area contributed by atoms with Gasteiger partial charge in [0.05, 0.1) is 17.9 Å². The second kappa shape index (κ2) is 9.67. The van der Waals surface area contributed by atoms with Gasteiger partial charge in [0.2, 0.25) is 10.0 Å². The number of carbonyl (C=O) groups excluding carboxylic acids is 2. The summed E-state index contributed by atoms with van der Waals surface area (Å²) in [4.78, 5) is 24.1. The van der Waals surface area contributed by atoms with E-state index in [0.29, 0.717) is 24.4 Å². The van der Waals surface area contributed by atoms with Crippen LogP contribution in [0.25, 0.3) is 0 Å². The molecule has 1 aliphatic heterocycles. The van der Waals surface area contributed by atoms with Crippen LogP contribution in [0.5, 0.6) is 5.75 Å². The maximum absolute atomic E-state index is 12.5. The van der Waals surface area contributed by atoms with Crippen LogP contribution in [0.3, 0.4) is 0 Å². The summed E-state index contributed by atoms with van der Waals surface area (Å²) in [5, 5.41) is 0. The highest BCUT2D eigenvalue weighted by molar-refractivity contribution is 7.89. The lowest BCUT2D eigenvalue weighted by Gasteiger charge is -2.15. The number of ether oxygens (including phenoxy) is 2. The normalized spacial score (nSPS) is 14.5. The summed E-state index contributed by atoms with van der Waals surface area (Å²) in [6.07, 6.45) is 1.74. The minimum absolute atomic E-state index is 0.0230. The summed E-state index contributed by atoms with van der Waals surface area (Å²) in [5.41, 5.74) is 0.290. The lowest BCUT2D eigenvalue weighted by Crippen LogP contribution is -2.27. The van der Waals surface area contributed by atoms with Crippen LogP contribution in [-0.4, -0.2) is 50.8 Å². The Hall–Kier alpha value is -2.71. The van der Waals surface area contributed by atoms with Gasteiger partial charge in [-0.2, -0.15) is 4.31 Å². The van der Waals surface area contributed by atoms with E-state index in [2.05, 4.69) is 0 Å². The Morgan fingerprint density at radius 2 is 1.59 bits per heavy atom. The molecule has 0 radical (unpaired) electrons. The van der Waals surface area contributed by atoms with Crippen molar-refractivity contribution in [3.63, 3.8) is 0 Å². The zero-order chi connectivity index (χ0) is 20.7. The van der Waals surface area contributed by atoms with Crippen molar-refractivity contribution in [2.24, 2.45) is 0 Å². The zero-order valence-electron chi connectivity index (χ0n) is 16.0. The van der Waals surface area contributed by atoms with E-state index in [-0.39, 0.29) is 17.9 Å². The van der Waals surface area contributed by atoms with Crippen LogP contribution in [0.15, 0.2) is 59.5 Å². The number of sulfonamides is 1. The molecule has 0 atom stereocenters. The number of benzene rings is 2. The third-order valence-electron chi connectivity index (χ3n) is 4.56. The average molecular weight is 417 g/mol. The number of hydrogen-bond donors (Lipinski definition) is 0. The lowest BCUT2D eigenvalue weighted by atomic mass is 10.1. The molecule has 1 saturated heterocycles. The molecule has 1 aliphatic rings. The van der Waals surface area contributed by atoms with Gasteiger partial charge in [0.15, 0.2) is 12.4 Å². The molecule has 2 aromatic rings. The van der Waals surface area contributed by atoms with E-state index in [9.17, 15) is 18.0 Å². The van der Waals surface area contributed by atoms with Gasteiger partial charge in [0.1, 0.15) is 5.75 Å². The number of Topliss-reactive ketones (excluding diaryl/α,β-unsaturated/α-hetero) is 1. The first-order chi connectivity index (χ1) is 14.0. The molecule has 2 aromatic carbocycles. The van der Waals surface area contributed by atoms with Crippen molar-refractivity contribution in [2.45, 2.75) is 24.2 Å². The molecule has 0 aromatic heterocycles. The highest BCUT2D eigenvalue weighted by Crippen LogP contribution is 2.21. The largest absolute Gasteiger partial charge is 0.493 e. The summed E-state index contributed by atoms with van der Waals surface area (Å²) in [6.45, 7) is 0.794. The smallest absolute Gasteiger partial charge is 0.309 e. The van der Waals surface area contributed by atoms with E-state index in [1.807, 2.05) is 18.2 Å². The fourth-order valence-electron chi connectivity index (χ4n) is 2.96. The van der Waals surface area contributed by atoms with Crippen LogP contribution in [-0.2, 0) is 19.6 Å². The molecular formula is C21H23NO6S. The van der Waals surface area contributed by atoms with Crippen molar-refractivity contribution in [1.82, 2.24) is 4.31 Å². The fraction of sp³-hybridized carbons (Fsp3) is 0.333. The maximum Gasteiger partial charge on any atom is 0.309 e. The zero-order valence-corrected chi connectivity index (χ0v) is 16.8. The fourth-order valence-corrected chi connectivity index (χ4v) is 4.48. The lowest BCUT2D eigenvalue weighted by molar-refractivity contribution is -0.143. The highest BCUT2D eigenvalue weighted by atomic mass is 32.2. The van der Waals surface area contributed by atoms with Crippen molar-refractivity contribution >= 4 is 21.8 Å². The first-order valence-corrected chi connectivity index (χ1v) is 10.9. The molecule has 0 N–H and O–H groups in total. The van der Waals surface area contributed by atoms with Crippen molar-refractivity contribution in [2.75, 3.05) is 26.3 Å². The number of para-hydroxylation sites is 1. The Bertz CT molecular complexity index is 935. The predicted octanol–water partition coefficient (Wildman–Crippen LogP) is 2.67. The Kier molecular flexibility index (Phi) is 7.00. The maximum atomic E-state index is 12.5.